The molecule has 0 saturated carbocycles. The number of hydrogen-bond donors (Lipinski definition) is 0. The Morgan fingerprint density at radius 2 is 1.52 bits per heavy atom. The van der Waals surface area contributed by atoms with E-state index in [2.05, 4.69) is 27.4 Å². The average molecular weight is 328 g/mol. The summed E-state index contributed by atoms with van der Waals surface area (Å²) < 4.78 is 22.6. The number of rotatable bonds is 15. The van der Waals surface area contributed by atoms with E-state index in [4.69, 9.17) is 18.9 Å². The van der Waals surface area contributed by atoms with Crippen LogP contribution in [0.25, 0.3) is 0 Å². The summed E-state index contributed by atoms with van der Waals surface area (Å²) in [5.74, 6) is -1.64. The quantitative estimate of drug-likeness (QED) is 0.151. The number of Topliss-reactive ketones (excluding diaryl/α,β-unsaturated/α-hetero) is 1. The van der Waals surface area contributed by atoms with Crippen molar-refractivity contribution in [1.82, 2.24) is 0 Å². The molecule has 1 aliphatic heterocycles. The summed E-state index contributed by atoms with van der Waals surface area (Å²) >= 11 is 0. The van der Waals surface area contributed by atoms with Gasteiger partial charge in [-0.2, -0.15) is 0 Å². The molecule has 5 heteroatoms. The minimum atomic E-state index is -1.40. The predicted octanol–water partition coefficient (Wildman–Crippen LogP) is 3.61. The molecule has 0 radical (unpaired) electrons. The molecule has 134 valence electrons. The zero-order chi connectivity index (χ0) is 17.1. The number of epoxide rings is 1. The zero-order valence-electron chi connectivity index (χ0n) is 14.9. The van der Waals surface area contributed by atoms with Crippen LogP contribution in [0.2, 0.25) is 0 Å². The number of unbranched alkanes of at least 4 members (excludes halogenated alkanes) is 3. The van der Waals surface area contributed by atoms with Gasteiger partial charge in [0.15, 0.2) is 5.76 Å². The molecule has 1 rings (SSSR count). The Morgan fingerprint density at radius 3 is 1.96 bits per heavy atom. The highest BCUT2D eigenvalue weighted by Crippen LogP contribution is 2.33. The molecule has 0 amide bonds. The van der Waals surface area contributed by atoms with Gasteiger partial charge in [0.1, 0.15) is 6.10 Å². The minimum absolute atomic E-state index is 0.0990. The fraction of sp³-hybridized carbons (Fsp3) is 0.833. The van der Waals surface area contributed by atoms with E-state index in [0.717, 1.165) is 38.5 Å². The smallest absolute Gasteiger partial charge is 0.266 e. The van der Waals surface area contributed by atoms with E-state index in [-0.39, 0.29) is 17.6 Å². The van der Waals surface area contributed by atoms with Gasteiger partial charge in [-0.3, -0.25) is 4.79 Å². The van der Waals surface area contributed by atoms with Crippen molar-refractivity contribution < 1.29 is 23.7 Å². The van der Waals surface area contributed by atoms with E-state index in [1.807, 2.05) is 0 Å². The van der Waals surface area contributed by atoms with E-state index in [0.29, 0.717) is 26.4 Å². The second-order valence-electron chi connectivity index (χ2n) is 5.85. The normalized spacial score (nSPS) is 17.1. The van der Waals surface area contributed by atoms with Gasteiger partial charge in [-0.15, -0.1) is 0 Å². The molecule has 0 N–H and O–H groups in total. The summed E-state index contributed by atoms with van der Waals surface area (Å²) in [7, 11) is 0. The zero-order valence-corrected chi connectivity index (χ0v) is 14.9. The van der Waals surface area contributed by atoms with Gasteiger partial charge in [0.25, 0.3) is 11.6 Å². The second-order valence-corrected chi connectivity index (χ2v) is 5.85. The standard InChI is InChI=1S/C18H32O5/c1-5-8-11-20-15(4)17(19)18(16-14-21-16,22-12-9-6-2)23-13-10-7-3/h16H,4-14H2,1-3H3. The lowest BCUT2D eigenvalue weighted by atomic mass is 10.1. The van der Waals surface area contributed by atoms with Crippen molar-refractivity contribution in [2.24, 2.45) is 0 Å². The van der Waals surface area contributed by atoms with Crippen LogP contribution in [0.15, 0.2) is 12.3 Å². The number of carbonyl (C=O) groups is 1. The lowest BCUT2D eigenvalue weighted by Crippen LogP contribution is -2.51. The third kappa shape index (κ3) is 6.24. The summed E-state index contributed by atoms with van der Waals surface area (Å²) in [5.41, 5.74) is 0. The van der Waals surface area contributed by atoms with Crippen LogP contribution in [0, 0.1) is 0 Å². The van der Waals surface area contributed by atoms with E-state index < -0.39 is 5.79 Å². The molecule has 23 heavy (non-hydrogen) atoms. The van der Waals surface area contributed by atoms with Gasteiger partial charge in [0.2, 0.25) is 0 Å². The minimum Gasteiger partial charge on any atom is -0.490 e. The highest BCUT2D eigenvalue weighted by Gasteiger charge is 2.56. The van der Waals surface area contributed by atoms with Crippen molar-refractivity contribution in [3.8, 4) is 0 Å². The molecule has 0 bridgehead atoms. The highest BCUT2D eigenvalue weighted by atomic mass is 16.7. The van der Waals surface area contributed by atoms with Gasteiger partial charge in [0.05, 0.1) is 26.4 Å². The molecule has 1 atom stereocenters. The molecule has 0 aromatic carbocycles. The Labute approximate surface area is 140 Å². The number of hydrogen-bond acceptors (Lipinski definition) is 5. The van der Waals surface area contributed by atoms with Gasteiger partial charge < -0.3 is 18.9 Å². The summed E-state index contributed by atoms with van der Waals surface area (Å²) in [4.78, 5) is 12.9. The molecule has 0 spiro atoms. The molecular formula is C18H32O5. The third-order valence-electron chi connectivity index (χ3n) is 3.73. The molecule has 1 aliphatic rings. The van der Waals surface area contributed by atoms with Crippen LogP contribution >= 0.6 is 0 Å². The van der Waals surface area contributed by atoms with Gasteiger partial charge in [-0.25, -0.2) is 0 Å². The summed E-state index contributed by atoms with van der Waals surface area (Å²) in [6.45, 7) is 11.8. The van der Waals surface area contributed by atoms with Gasteiger partial charge >= 0.3 is 0 Å². The van der Waals surface area contributed by atoms with Gasteiger partial charge in [0, 0.05) is 0 Å². The van der Waals surface area contributed by atoms with Crippen molar-refractivity contribution >= 4 is 5.78 Å². The van der Waals surface area contributed by atoms with Crippen molar-refractivity contribution in [2.45, 2.75) is 71.2 Å². The molecule has 0 aliphatic carbocycles. The first kappa shape index (κ1) is 20.1. The Kier molecular flexibility index (Phi) is 9.44. The Bertz CT molecular complexity index is 352. The van der Waals surface area contributed by atoms with E-state index in [9.17, 15) is 4.79 Å². The van der Waals surface area contributed by atoms with E-state index in [1.165, 1.54) is 0 Å². The SMILES string of the molecule is C=C(OCCCC)C(=O)C(OCCCC)(OCCCC)C1CO1. The molecule has 5 nitrogen and oxygen atoms in total. The largest absolute Gasteiger partial charge is 0.490 e. The van der Waals surface area contributed by atoms with Crippen LogP contribution in [0.4, 0.5) is 0 Å². The maximum atomic E-state index is 12.9. The molecule has 1 saturated heterocycles. The van der Waals surface area contributed by atoms with E-state index in [1.54, 1.807) is 0 Å². The maximum Gasteiger partial charge on any atom is 0.266 e. The van der Waals surface area contributed by atoms with Crippen LogP contribution in [0.1, 0.15) is 59.3 Å². The lowest BCUT2D eigenvalue weighted by Gasteiger charge is -2.31. The number of carbonyl (C=O) groups excluding carboxylic acids is 1. The molecule has 1 heterocycles. The third-order valence-corrected chi connectivity index (χ3v) is 3.73. The molecule has 0 aromatic rings. The van der Waals surface area contributed by atoms with Crippen molar-refractivity contribution in [3.05, 3.63) is 12.3 Å². The predicted molar refractivity (Wildman–Crippen MR) is 89.2 cm³/mol. The van der Waals surface area contributed by atoms with Crippen molar-refractivity contribution in [3.63, 3.8) is 0 Å². The van der Waals surface area contributed by atoms with Gasteiger partial charge in [-0.1, -0.05) is 46.6 Å². The first-order valence-corrected chi connectivity index (χ1v) is 8.88. The second kappa shape index (κ2) is 10.8. The first-order valence-electron chi connectivity index (χ1n) is 8.88. The molecular weight excluding hydrogens is 296 g/mol. The Morgan fingerprint density at radius 1 is 1.04 bits per heavy atom. The Balaban J connectivity index is 2.77. The van der Waals surface area contributed by atoms with Crippen molar-refractivity contribution in [2.75, 3.05) is 26.4 Å². The van der Waals surface area contributed by atoms with E-state index >= 15 is 0 Å². The molecule has 1 unspecified atom stereocenters. The molecule has 0 aromatic heterocycles. The average Bonchev–Trinajstić information content (AvgIpc) is 3.38. The fourth-order valence-corrected chi connectivity index (χ4v) is 2.11. The molecule has 1 fully saturated rings. The lowest BCUT2D eigenvalue weighted by molar-refractivity contribution is -0.237. The number of ketones is 1. The number of ether oxygens (including phenoxy) is 4. The van der Waals surface area contributed by atoms with Gasteiger partial charge in [-0.05, 0) is 19.3 Å². The van der Waals surface area contributed by atoms with Crippen molar-refractivity contribution in [1.29, 1.82) is 0 Å². The van der Waals surface area contributed by atoms with Crippen LogP contribution < -0.4 is 0 Å². The summed E-state index contributed by atoms with van der Waals surface area (Å²) in [6, 6.07) is 0. The fourth-order valence-electron chi connectivity index (χ4n) is 2.11. The Hall–Kier alpha value is -0.910. The van der Waals surface area contributed by atoms with Crippen LogP contribution in [0.5, 0.6) is 0 Å². The topological polar surface area (TPSA) is 57.3 Å². The van der Waals surface area contributed by atoms with Crippen LogP contribution in [-0.2, 0) is 23.7 Å². The maximum absolute atomic E-state index is 12.9. The monoisotopic (exact) mass is 328 g/mol. The summed E-state index contributed by atoms with van der Waals surface area (Å²) in [5, 5.41) is 0. The first-order chi connectivity index (χ1) is 11.1. The van der Waals surface area contributed by atoms with Crippen LogP contribution in [0.3, 0.4) is 0 Å². The van der Waals surface area contributed by atoms with Crippen LogP contribution in [-0.4, -0.2) is 44.1 Å². The summed E-state index contributed by atoms with van der Waals surface area (Å²) in [6.07, 6.45) is 5.21. The highest BCUT2D eigenvalue weighted by molar-refractivity contribution is 5.99.